The minimum absolute atomic E-state index is 0.0602. The highest BCUT2D eigenvalue weighted by Crippen LogP contribution is 2.25. The summed E-state index contributed by atoms with van der Waals surface area (Å²) < 4.78 is 32.1. The fourth-order valence-electron chi connectivity index (χ4n) is 1.72. The van der Waals surface area contributed by atoms with Gasteiger partial charge in [-0.2, -0.15) is 0 Å². The molecular formula is C14H15ClN2O4S2. The van der Waals surface area contributed by atoms with E-state index in [0.29, 0.717) is 22.4 Å². The predicted octanol–water partition coefficient (Wildman–Crippen LogP) is 2.72. The van der Waals surface area contributed by atoms with Gasteiger partial charge in [-0.3, -0.25) is 4.79 Å². The first-order chi connectivity index (χ1) is 10.9. The molecular weight excluding hydrogens is 360 g/mol. The van der Waals surface area contributed by atoms with Crippen LogP contribution in [0.15, 0.2) is 40.6 Å². The molecule has 2 rings (SSSR count). The van der Waals surface area contributed by atoms with Gasteiger partial charge in [0.25, 0.3) is 10.0 Å². The second-order valence-corrected chi connectivity index (χ2v) is 8.07. The fraction of sp³-hybridized carbons (Fsp3) is 0.214. The van der Waals surface area contributed by atoms with Crippen molar-refractivity contribution in [2.75, 3.05) is 18.5 Å². The van der Waals surface area contributed by atoms with Crippen LogP contribution in [0.1, 0.15) is 6.92 Å². The number of ether oxygens (including phenoxy) is 1. The van der Waals surface area contributed by atoms with Crippen LogP contribution < -0.4 is 14.8 Å². The molecule has 1 aromatic heterocycles. The van der Waals surface area contributed by atoms with Gasteiger partial charge >= 0.3 is 0 Å². The number of halogens is 1. The number of rotatable bonds is 7. The Labute approximate surface area is 143 Å². The Bertz CT molecular complexity index is 790. The minimum Gasteiger partial charge on any atom is -0.492 e. The summed E-state index contributed by atoms with van der Waals surface area (Å²) in [6.07, 6.45) is 0. The molecule has 1 aromatic carbocycles. The van der Waals surface area contributed by atoms with Gasteiger partial charge in [0.2, 0.25) is 5.91 Å². The minimum atomic E-state index is -3.76. The van der Waals surface area contributed by atoms with Crippen molar-refractivity contribution in [1.82, 2.24) is 4.72 Å². The molecule has 23 heavy (non-hydrogen) atoms. The summed E-state index contributed by atoms with van der Waals surface area (Å²) in [6.45, 7) is 1.90. The molecule has 9 heteroatoms. The number of para-hydroxylation sites is 2. The molecule has 1 heterocycles. The molecule has 0 aliphatic heterocycles. The van der Waals surface area contributed by atoms with Gasteiger partial charge in [-0.1, -0.05) is 23.7 Å². The van der Waals surface area contributed by atoms with E-state index >= 15 is 0 Å². The molecule has 0 radical (unpaired) electrons. The highest BCUT2D eigenvalue weighted by molar-refractivity contribution is 7.91. The van der Waals surface area contributed by atoms with Crippen molar-refractivity contribution in [1.29, 1.82) is 0 Å². The molecule has 2 aromatic rings. The van der Waals surface area contributed by atoms with Gasteiger partial charge in [0.05, 0.1) is 23.2 Å². The molecule has 124 valence electrons. The average molecular weight is 375 g/mol. The van der Waals surface area contributed by atoms with Crippen molar-refractivity contribution >= 4 is 44.6 Å². The largest absolute Gasteiger partial charge is 0.492 e. The number of carbonyl (C=O) groups excluding carboxylic acids is 1. The van der Waals surface area contributed by atoms with Crippen LogP contribution in [0.3, 0.4) is 0 Å². The lowest BCUT2D eigenvalue weighted by Crippen LogP contribution is -2.32. The molecule has 0 spiro atoms. The van der Waals surface area contributed by atoms with Gasteiger partial charge in [0.1, 0.15) is 9.96 Å². The number of anilines is 1. The molecule has 1 amide bonds. The summed E-state index contributed by atoms with van der Waals surface area (Å²) >= 11 is 6.64. The van der Waals surface area contributed by atoms with Crippen LogP contribution in [0, 0.1) is 0 Å². The molecule has 6 nitrogen and oxygen atoms in total. The second kappa shape index (κ2) is 7.78. The quantitative estimate of drug-likeness (QED) is 0.780. The molecule has 2 N–H and O–H groups in total. The van der Waals surface area contributed by atoms with Gasteiger partial charge < -0.3 is 10.1 Å². The third-order valence-electron chi connectivity index (χ3n) is 2.70. The van der Waals surface area contributed by atoms with Crippen molar-refractivity contribution < 1.29 is 17.9 Å². The number of nitrogens with one attached hydrogen (secondary N) is 2. The normalized spacial score (nSPS) is 11.2. The average Bonchev–Trinajstić information content (AvgIpc) is 2.95. The lowest BCUT2D eigenvalue weighted by molar-refractivity contribution is -0.115. The predicted molar refractivity (Wildman–Crippen MR) is 90.8 cm³/mol. The van der Waals surface area contributed by atoms with Crippen molar-refractivity contribution in [3.63, 3.8) is 0 Å². The second-order valence-electron chi connectivity index (χ2n) is 4.36. The van der Waals surface area contributed by atoms with E-state index in [1.54, 1.807) is 24.3 Å². The topological polar surface area (TPSA) is 84.5 Å². The maximum absolute atomic E-state index is 12.0. The number of hydrogen-bond donors (Lipinski definition) is 2. The Hall–Kier alpha value is -1.61. The van der Waals surface area contributed by atoms with Gasteiger partial charge in [-0.05, 0) is 31.2 Å². The lowest BCUT2D eigenvalue weighted by Gasteiger charge is -2.11. The summed E-state index contributed by atoms with van der Waals surface area (Å²) in [6, 6.07) is 9.80. The zero-order valence-corrected chi connectivity index (χ0v) is 14.6. The van der Waals surface area contributed by atoms with E-state index in [0.717, 1.165) is 11.3 Å². The van der Waals surface area contributed by atoms with Crippen LogP contribution >= 0.6 is 22.9 Å². The smallest absolute Gasteiger partial charge is 0.250 e. The van der Waals surface area contributed by atoms with E-state index in [-0.39, 0.29) is 4.21 Å². The fourth-order valence-corrected chi connectivity index (χ4v) is 4.23. The van der Waals surface area contributed by atoms with Gasteiger partial charge in [0.15, 0.2) is 0 Å². The zero-order valence-electron chi connectivity index (χ0n) is 12.2. The molecule has 0 aliphatic carbocycles. The van der Waals surface area contributed by atoms with Gasteiger partial charge in [0, 0.05) is 0 Å². The summed E-state index contributed by atoms with van der Waals surface area (Å²) in [5.41, 5.74) is 0.484. The third kappa shape index (κ3) is 4.93. The molecule has 0 aliphatic rings. The molecule has 0 unspecified atom stereocenters. The summed E-state index contributed by atoms with van der Waals surface area (Å²) in [5, 5.41) is 2.61. The van der Waals surface area contributed by atoms with E-state index in [2.05, 4.69) is 10.0 Å². The van der Waals surface area contributed by atoms with Crippen LogP contribution in [0.25, 0.3) is 0 Å². The van der Waals surface area contributed by atoms with E-state index in [1.165, 1.54) is 12.1 Å². The number of amides is 1. The Morgan fingerprint density at radius 3 is 2.65 bits per heavy atom. The highest BCUT2D eigenvalue weighted by atomic mass is 35.5. The Balaban J connectivity index is 1.98. The Morgan fingerprint density at radius 2 is 2.00 bits per heavy atom. The number of sulfonamides is 1. The van der Waals surface area contributed by atoms with Gasteiger partial charge in [-0.15, -0.1) is 11.3 Å². The summed E-state index contributed by atoms with van der Waals surface area (Å²) in [4.78, 5) is 11.9. The van der Waals surface area contributed by atoms with Crippen LogP contribution in [-0.2, 0) is 14.8 Å². The van der Waals surface area contributed by atoms with E-state index in [4.69, 9.17) is 16.3 Å². The van der Waals surface area contributed by atoms with Crippen molar-refractivity contribution in [3.05, 3.63) is 40.7 Å². The molecule has 0 saturated heterocycles. The van der Waals surface area contributed by atoms with E-state index < -0.39 is 22.5 Å². The third-order valence-corrected chi connectivity index (χ3v) is 5.82. The molecule has 0 atom stereocenters. The molecule has 0 saturated carbocycles. The van der Waals surface area contributed by atoms with E-state index in [9.17, 15) is 13.2 Å². The maximum atomic E-state index is 12.0. The number of carbonyl (C=O) groups is 1. The Kier molecular flexibility index (Phi) is 6.00. The first-order valence-electron chi connectivity index (χ1n) is 6.69. The standard InChI is InChI=1S/C14H15ClN2O4S2/c1-2-21-11-6-4-3-5-10(11)17-13(18)9-16-23(19,20)14-8-7-12(15)22-14/h3-8,16H,2,9H2,1H3,(H,17,18). The van der Waals surface area contributed by atoms with Crippen molar-refractivity contribution in [2.45, 2.75) is 11.1 Å². The summed E-state index contributed by atoms with van der Waals surface area (Å²) in [5.74, 6) is 0.0274. The first kappa shape index (κ1) is 17.7. The zero-order chi connectivity index (χ0) is 16.9. The monoisotopic (exact) mass is 374 g/mol. The van der Waals surface area contributed by atoms with E-state index in [1.807, 2.05) is 6.92 Å². The van der Waals surface area contributed by atoms with Crippen LogP contribution in [0.2, 0.25) is 4.34 Å². The number of thiophene rings is 1. The lowest BCUT2D eigenvalue weighted by atomic mass is 10.3. The Morgan fingerprint density at radius 1 is 1.26 bits per heavy atom. The SMILES string of the molecule is CCOc1ccccc1NC(=O)CNS(=O)(=O)c1ccc(Cl)s1. The van der Waals surface area contributed by atoms with Crippen molar-refractivity contribution in [3.8, 4) is 5.75 Å². The van der Waals surface area contributed by atoms with Gasteiger partial charge in [-0.25, -0.2) is 13.1 Å². The maximum Gasteiger partial charge on any atom is 0.250 e. The van der Waals surface area contributed by atoms with Crippen LogP contribution in [-0.4, -0.2) is 27.5 Å². The van der Waals surface area contributed by atoms with Crippen LogP contribution in [0.4, 0.5) is 5.69 Å². The molecule has 0 fully saturated rings. The first-order valence-corrected chi connectivity index (χ1v) is 9.37. The van der Waals surface area contributed by atoms with Crippen LogP contribution in [0.5, 0.6) is 5.75 Å². The molecule has 0 bridgehead atoms. The number of benzene rings is 1. The summed E-state index contributed by atoms with van der Waals surface area (Å²) in [7, 11) is -3.76. The number of hydrogen-bond acceptors (Lipinski definition) is 5. The van der Waals surface area contributed by atoms with Crippen molar-refractivity contribution in [2.24, 2.45) is 0 Å². The highest BCUT2D eigenvalue weighted by Gasteiger charge is 2.18.